The Morgan fingerprint density at radius 1 is 1.15 bits per heavy atom. The third-order valence-electron chi connectivity index (χ3n) is 5.84. The van der Waals surface area contributed by atoms with E-state index in [2.05, 4.69) is 45.6 Å². The number of amides is 1. The fourth-order valence-electron chi connectivity index (χ4n) is 4.40. The van der Waals surface area contributed by atoms with E-state index in [1.807, 2.05) is 0 Å². The first kappa shape index (κ1) is 17.4. The molecule has 2 fully saturated rings. The van der Waals surface area contributed by atoms with Crippen LogP contribution in [0, 0.1) is 5.92 Å². The highest BCUT2D eigenvalue weighted by Gasteiger charge is 2.32. The molecule has 0 N–H and O–H groups in total. The van der Waals surface area contributed by atoms with Gasteiger partial charge in [-0.2, -0.15) is 0 Å². The van der Waals surface area contributed by atoms with Crippen LogP contribution < -0.4 is 4.90 Å². The minimum absolute atomic E-state index is 0.126. The van der Waals surface area contributed by atoms with Crippen molar-refractivity contribution in [1.82, 2.24) is 14.5 Å². The van der Waals surface area contributed by atoms with E-state index in [1.165, 1.54) is 11.9 Å². The summed E-state index contributed by atoms with van der Waals surface area (Å²) in [6.07, 6.45) is 6.73. The second-order valence-electron chi connectivity index (χ2n) is 7.72. The number of fused-ring (bicyclic) bond motifs is 1. The molecule has 0 bridgehead atoms. The van der Waals surface area contributed by atoms with Crippen molar-refractivity contribution >= 4 is 22.9 Å². The predicted molar refractivity (Wildman–Crippen MR) is 105 cm³/mol. The van der Waals surface area contributed by atoms with Gasteiger partial charge in [0.25, 0.3) is 0 Å². The Kier molecular flexibility index (Phi) is 5.14. The number of carbonyl (C=O) groups is 1. The molecule has 2 aromatic rings. The number of unbranched alkanes of at least 4 members (excludes halogenated alkanes) is 1. The summed E-state index contributed by atoms with van der Waals surface area (Å²) in [5, 5.41) is 0. The van der Waals surface area contributed by atoms with Crippen LogP contribution in [0.3, 0.4) is 0 Å². The highest BCUT2D eigenvalue weighted by atomic mass is 16.2. The molecule has 5 nitrogen and oxygen atoms in total. The van der Waals surface area contributed by atoms with Gasteiger partial charge < -0.3 is 14.4 Å². The number of carbonyl (C=O) groups excluding carboxylic acids is 1. The van der Waals surface area contributed by atoms with Crippen molar-refractivity contribution in [1.29, 1.82) is 0 Å². The number of hydrogen-bond donors (Lipinski definition) is 0. The van der Waals surface area contributed by atoms with E-state index >= 15 is 0 Å². The number of aromatic nitrogens is 2. The summed E-state index contributed by atoms with van der Waals surface area (Å²) in [5.41, 5.74) is 2.27. The number of hydrogen-bond acceptors (Lipinski definition) is 3. The molecule has 0 spiro atoms. The summed E-state index contributed by atoms with van der Waals surface area (Å²) >= 11 is 0. The van der Waals surface area contributed by atoms with Gasteiger partial charge in [-0.25, -0.2) is 4.98 Å². The summed E-state index contributed by atoms with van der Waals surface area (Å²) in [6.45, 7) is 6.93. The maximum atomic E-state index is 12.9. The van der Waals surface area contributed by atoms with Crippen LogP contribution in [-0.4, -0.2) is 46.5 Å². The van der Waals surface area contributed by atoms with Gasteiger partial charge in [-0.3, -0.25) is 4.79 Å². The van der Waals surface area contributed by atoms with Crippen molar-refractivity contribution < 1.29 is 4.79 Å². The van der Waals surface area contributed by atoms with Crippen molar-refractivity contribution in [2.75, 3.05) is 31.1 Å². The number of nitrogens with zero attached hydrogens (tertiary/aromatic N) is 4. The van der Waals surface area contributed by atoms with E-state index in [4.69, 9.17) is 4.98 Å². The number of piperidine rings is 1. The molecule has 0 radical (unpaired) electrons. The molecular formula is C21H30N4O. The SMILES string of the molecule is CCCCn1c(N2CCCC(C(=O)N3CCCC3)C2)nc2ccccc21. The second-order valence-corrected chi connectivity index (χ2v) is 7.72. The maximum absolute atomic E-state index is 12.9. The molecule has 2 aliphatic rings. The van der Waals surface area contributed by atoms with Crippen LogP contribution in [0.1, 0.15) is 45.4 Å². The minimum Gasteiger partial charge on any atom is -0.342 e. The largest absolute Gasteiger partial charge is 0.342 e. The van der Waals surface area contributed by atoms with Gasteiger partial charge in [-0.15, -0.1) is 0 Å². The van der Waals surface area contributed by atoms with Gasteiger partial charge in [0.05, 0.1) is 17.0 Å². The highest BCUT2D eigenvalue weighted by molar-refractivity contribution is 5.81. The Labute approximate surface area is 156 Å². The highest BCUT2D eigenvalue weighted by Crippen LogP contribution is 2.28. The number of para-hydroxylation sites is 2. The van der Waals surface area contributed by atoms with E-state index in [0.717, 1.165) is 76.3 Å². The number of benzene rings is 1. The third kappa shape index (κ3) is 3.31. The Morgan fingerprint density at radius 2 is 1.96 bits per heavy atom. The summed E-state index contributed by atoms with van der Waals surface area (Å²) in [7, 11) is 0. The molecule has 1 unspecified atom stereocenters. The Hall–Kier alpha value is -2.04. The zero-order valence-electron chi connectivity index (χ0n) is 15.9. The molecule has 3 heterocycles. The molecule has 5 heteroatoms. The van der Waals surface area contributed by atoms with Crippen molar-refractivity contribution in [3.8, 4) is 0 Å². The summed E-state index contributed by atoms with van der Waals surface area (Å²) in [5.74, 6) is 1.54. The molecule has 2 saturated heterocycles. The van der Waals surface area contributed by atoms with Gasteiger partial charge in [0.15, 0.2) is 0 Å². The first-order valence-corrected chi connectivity index (χ1v) is 10.3. The number of anilines is 1. The Morgan fingerprint density at radius 3 is 2.77 bits per heavy atom. The van der Waals surface area contributed by atoms with E-state index in [-0.39, 0.29) is 5.92 Å². The van der Waals surface area contributed by atoms with Crippen molar-refractivity contribution in [2.45, 2.75) is 52.0 Å². The molecule has 4 rings (SSSR count). The molecule has 26 heavy (non-hydrogen) atoms. The molecule has 1 aromatic carbocycles. The van der Waals surface area contributed by atoms with E-state index in [1.54, 1.807) is 0 Å². The van der Waals surface area contributed by atoms with Gasteiger partial charge in [-0.05, 0) is 44.2 Å². The smallest absolute Gasteiger partial charge is 0.227 e. The van der Waals surface area contributed by atoms with Gasteiger partial charge in [0, 0.05) is 32.7 Å². The summed E-state index contributed by atoms with van der Waals surface area (Å²) in [4.78, 5) is 22.3. The summed E-state index contributed by atoms with van der Waals surface area (Å²) < 4.78 is 2.36. The van der Waals surface area contributed by atoms with E-state index in [9.17, 15) is 4.79 Å². The van der Waals surface area contributed by atoms with Crippen LogP contribution in [0.4, 0.5) is 5.95 Å². The average molecular weight is 354 g/mol. The third-order valence-corrected chi connectivity index (χ3v) is 5.84. The fraction of sp³-hybridized carbons (Fsp3) is 0.619. The normalized spacial score (nSPS) is 20.9. The lowest BCUT2D eigenvalue weighted by atomic mass is 9.97. The number of likely N-dealkylation sites (tertiary alicyclic amines) is 1. The van der Waals surface area contributed by atoms with Crippen molar-refractivity contribution in [2.24, 2.45) is 5.92 Å². The second kappa shape index (κ2) is 7.68. The Balaban J connectivity index is 1.58. The zero-order valence-corrected chi connectivity index (χ0v) is 15.9. The average Bonchev–Trinajstić information content (AvgIpc) is 3.34. The minimum atomic E-state index is 0.126. The molecule has 140 valence electrons. The van der Waals surface area contributed by atoms with Gasteiger partial charge >= 0.3 is 0 Å². The van der Waals surface area contributed by atoms with E-state index in [0.29, 0.717) is 5.91 Å². The van der Waals surface area contributed by atoms with Crippen LogP contribution in [0.5, 0.6) is 0 Å². The van der Waals surface area contributed by atoms with Crippen molar-refractivity contribution in [3.63, 3.8) is 0 Å². The standard InChI is InChI=1S/C21H30N4O/c1-2-3-15-25-19-11-5-4-10-18(19)22-21(25)24-14-8-9-17(16-24)20(26)23-12-6-7-13-23/h4-5,10-11,17H,2-3,6-9,12-16H2,1H3. The number of imidazole rings is 1. The molecule has 0 aliphatic carbocycles. The monoisotopic (exact) mass is 354 g/mol. The lowest BCUT2D eigenvalue weighted by Crippen LogP contribution is -2.44. The molecular weight excluding hydrogens is 324 g/mol. The predicted octanol–water partition coefficient (Wildman–Crippen LogP) is 3.68. The lowest BCUT2D eigenvalue weighted by molar-refractivity contribution is -0.134. The first-order valence-electron chi connectivity index (χ1n) is 10.3. The number of rotatable bonds is 5. The van der Waals surface area contributed by atoms with Crippen LogP contribution in [-0.2, 0) is 11.3 Å². The van der Waals surface area contributed by atoms with Gasteiger partial charge in [0.2, 0.25) is 11.9 Å². The maximum Gasteiger partial charge on any atom is 0.227 e. The van der Waals surface area contributed by atoms with Gasteiger partial charge in [0.1, 0.15) is 0 Å². The quantitative estimate of drug-likeness (QED) is 0.822. The number of aryl methyl sites for hydroxylation is 1. The van der Waals surface area contributed by atoms with Crippen LogP contribution in [0.15, 0.2) is 24.3 Å². The molecule has 1 aromatic heterocycles. The van der Waals surface area contributed by atoms with Crippen LogP contribution in [0.25, 0.3) is 11.0 Å². The first-order chi connectivity index (χ1) is 12.8. The van der Waals surface area contributed by atoms with Crippen molar-refractivity contribution in [3.05, 3.63) is 24.3 Å². The van der Waals surface area contributed by atoms with Crippen LogP contribution >= 0.6 is 0 Å². The zero-order chi connectivity index (χ0) is 17.9. The van der Waals surface area contributed by atoms with Gasteiger partial charge in [-0.1, -0.05) is 25.5 Å². The molecule has 1 amide bonds. The summed E-state index contributed by atoms with van der Waals surface area (Å²) in [6, 6.07) is 8.40. The van der Waals surface area contributed by atoms with E-state index < -0.39 is 0 Å². The molecule has 0 saturated carbocycles. The van der Waals surface area contributed by atoms with Crippen LogP contribution in [0.2, 0.25) is 0 Å². The lowest BCUT2D eigenvalue weighted by Gasteiger charge is -2.34. The topological polar surface area (TPSA) is 41.4 Å². The fourth-order valence-corrected chi connectivity index (χ4v) is 4.40. The Bertz CT molecular complexity index is 762. The molecule has 2 aliphatic heterocycles. The molecule has 1 atom stereocenters.